The predicted molar refractivity (Wildman–Crippen MR) is 111 cm³/mol. The molecule has 0 aromatic heterocycles. The van der Waals surface area contributed by atoms with Crippen molar-refractivity contribution in [3.8, 4) is 6.07 Å². The zero-order chi connectivity index (χ0) is 20.5. The van der Waals surface area contributed by atoms with Gasteiger partial charge in [0, 0.05) is 25.2 Å². The first-order chi connectivity index (χ1) is 13.6. The molecule has 6 nitrogen and oxygen atoms in total. The minimum atomic E-state index is -0.775. The van der Waals surface area contributed by atoms with Crippen LogP contribution in [0.2, 0.25) is 0 Å². The van der Waals surface area contributed by atoms with Crippen molar-refractivity contribution in [1.29, 1.82) is 5.26 Å². The van der Waals surface area contributed by atoms with Crippen molar-refractivity contribution in [3.63, 3.8) is 0 Å². The Morgan fingerprint density at radius 3 is 2.04 bits per heavy atom. The maximum absolute atomic E-state index is 12.5. The molecule has 0 aromatic carbocycles. The summed E-state index contributed by atoms with van der Waals surface area (Å²) in [6, 6.07) is 2.14. The van der Waals surface area contributed by atoms with Crippen LogP contribution in [0, 0.1) is 11.3 Å². The van der Waals surface area contributed by atoms with Gasteiger partial charge >= 0.3 is 5.97 Å². The van der Waals surface area contributed by atoms with E-state index in [4.69, 9.17) is 5.11 Å². The average molecular weight is 392 g/mol. The molecule has 28 heavy (non-hydrogen) atoms. The largest absolute Gasteiger partial charge is 0.481 e. The van der Waals surface area contributed by atoms with Crippen molar-refractivity contribution >= 4 is 11.9 Å². The van der Waals surface area contributed by atoms with Crippen LogP contribution in [0.3, 0.4) is 0 Å². The van der Waals surface area contributed by atoms with Crippen LogP contribution < -0.4 is 10.6 Å². The van der Waals surface area contributed by atoms with Gasteiger partial charge in [0.2, 0.25) is 0 Å². The predicted octanol–water partition coefficient (Wildman–Crippen LogP) is 4.42. The van der Waals surface area contributed by atoms with Gasteiger partial charge in [0.25, 0.3) is 5.91 Å². The lowest BCUT2D eigenvalue weighted by Crippen LogP contribution is -2.36. The molecule has 0 bridgehead atoms. The van der Waals surface area contributed by atoms with Crippen LogP contribution in [0.4, 0.5) is 0 Å². The summed E-state index contributed by atoms with van der Waals surface area (Å²) >= 11 is 0. The van der Waals surface area contributed by atoms with Gasteiger partial charge in [-0.05, 0) is 25.7 Å². The number of hydrogen-bond donors (Lipinski definition) is 3. The van der Waals surface area contributed by atoms with Crippen LogP contribution in [0.25, 0.3) is 0 Å². The number of carboxylic acids is 1. The Labute approximate surface area is 169 Å². The van der Waals surface area contributed by atoms with Gasteiger partial charge in [-0.25, -0.2) is 0 Å². The molecule has 6 heteroatoms. The fourth-order valence-electron chi connectivity index (χ4n) is 3.57. The average Bonchev–Trinajstić information content (AvgIpc) is 2.66. The highest BCUT2D eigenvalue weighted by atomic mass is 16.4. The van der Waals surface area contributed by atoms with Crippen molar-refractivity contribution in [1.82, 2.24) is 10.6 Å². The lowest BCUT2D eigenvalue weighted by molar-refractivity contribution is -0.137. The van der Waals surface area contributed by atoms with Gasteiger partial charge in [-0.1, -0.05) is 64.2 Å². The van der Waals surface area contributed by atoms with Gasteiger partial charge in [-0.3, -0.25) is 9.59 Å². The van der Waals surface area contributed by atoms with E-state index in [-0.39, 0.29) is 23.9 Å². The fraction of sp³-hybridized carbons (Fsp3) is 0.773. The second kappa shape index (κ2) is 16.0. The zero-order valence-corrected chi connectivity index (χ0v) is 17.2. The normalized spacial score (nSPS) is 17.6. The van der Waals surface area contributed by atoms with Gasteiger partial charge in [-0.2, -0.15) is 5.26 Å². The molecule has 0 spiro atoms. The molecule has 1 aliphatic carbocycles. The minimum absolute atomic E-state index is 0.108. The Morgan fingerprint density at radius 2 is 1.50 bits per heavy atom. The number of nitriles is 1. The van der Waals surface area contributed by atoms with Crippen LogP contribution in [-0.2, 0) is 9.59 Å². The molecule has 0 aliphatic heterocycles. The summed E-state index contributed by atoms with van der Waals surface area (Å²) in [5.41, 5.74) is 0.108. The van der Waals surface area contributed by atoms with E-state index in [1.54, 1.807) is 0 Å². The molecule has 1 fully saturated rings. The van der Waals surface area contributed by atoms with Crippen LogP contribution in [0.15, 0.2) is 11.8 Å². The number of amides is 1. The zero-order valence-electron chi connectivity index (χ0n) is 17.2. The van der Waals surface area contributed by atoms with Crippen LogP contribution in [0.1, 0.15) is 96.3 Å². The Balaban J connectivity index is 2.37. The molecule has 0 radical (unpaired) electrons. The quantitative estimate of drug-likeness (QED) is 0.307. The summed E-state index contributed by atoms with van der Waals surface area (Å²) < 4.78 is 0. The molecule has 0 saturated heterocycles. The van der Waals surface area contributed by atoms with Crippen molar-refractivity contribution in [2.45, 2.75) is 102 Å². The van der Waals surface area contributed by atoms with Crippen LogP contribution in [0.5, 0.6) is 0 Å². The maximum Gasteiger partial charge on any atom is 0.303 e. The molecule has 1 aliphatic rings. The summed E-state index contributed by atoms with van der Waals surface area (Å²) in [5, 5.41) is 24.0. The molecule has 0 aromatic rings. The van der Waals surface area contributed by atoms with Gasteiger partial charge in [-0.15, -0.1) is 0 Å². The number of hydrogen-bond acceptors (Lipinski definition) is 4. The Hall–Kier alpha value is -2.03. The van der Waals surface area contributed by atoms with E-state index in [9.17, 15) is 14.9 Å². The van der Waals surface area contributed by atoms with E-state index in [1.807, 2.05) is 6.07 Å². The second-order valence-electron chi connectivity index (χ2n) is 7.76. The van der Waals surface area contributed by atoms with E-state index in [0.29, 0.717) is 13.0 Å². The highest BCUT2D eigenvalue weighted by Gasteiger charge is 2.15. The molecule has 1 saturated carbocycles. The van der Waals surface area contributed by atoms with Crippen molar-refractivity contribution in [2.75, 3.05) is 6.54 Å². The van der Waals surface area contributed by atoms with E-state index in [2.05, 4.69) is 10.6 Å². The Bertz CT molecular complexity index is 514. The standard InChI is InChI=1S/C22H37N3O3/c23-17-19(18-24-16-12-8-11-15-21(26)27)22(28)25-20-13-9-6-4-2-1-3-5-7-10-14-20/h18,20,24H,1-16H2,(H,25,28)(H,26,27)/b19-18-. The van der Waals surface area contributed by atoms with E-state index in [1.165, 1.54) is 51.1 Å². The monoisotopic (exact) mass is 391 g/mol. The molecule has 1 rings (SSSR count). The maximum atomic E-state index is 12.5. The molecule has 0 heterocycles. The number of nitrogens with zero attached hydrogens (tertiary/aromatic N) is 1. The number of carbonyl (C=O) groups is 2. The lowest BCUT2D eigenvalue weighted by atomic mass is 9.98. The molecule has 1 amide bonds. The SMILES string of the molecule is N#C/C(=C/NCCCCCC(=O)O)C(=O)NC1CCCCCCCCCCC1. The van der Waals surface area contributed by atoms with Crippen LogP contribution >= 0.6 is 0 Å². The first-order valence-electron chi connectivity index (χ1n) is 11.0. The highest BCUT2D eigenvalue weighted by molar-refractivity contribution is 5.97. The first kappa shape index (κ1) is 24.0. The summed E-state index contributed by atoms with van der Waals surface area (Å²) in [6.45, 7) is 0.626. The minimum Gasteiger partial charge on any atom is -0.481 e. The number of carboxylic acid groups (broad SMARTS) is 1. The lowest BCUT2D eigenvalue weighted by Gasteiger charge is -2.19. The first-order valence-corrected chi connectivity index (χ1v) is 11.0. The van der Waals surface area contributed by atoms with Crippen molar-refractivity contribution < 1.29 is 14.7 Å². The molecule has 0 atom stereocenters. The molecule has 158 valence electrons. The van der Waals surface area contributed by atoms with Gasteiger partial charge in [0.15, 0.2) is 0 Å². The fourth-order valence-corrected chi connectivity index (χ4v) is 3.57. The van der Waals surface area contributed by atoms with E-state index < -0.39 is 5.97 Å². The number of carbonyl (C=O) groups excluding carboxylic acids is 1. The Kier molecular flexibility index (Phi) is 13.7. The topological polar surface area (TPSA) is 102 Å². The van der Waals surface area contributed by atoms with Crippen molar-refractivity contribution in [3.05, 3.63) is 11.8 Å². The van der Waals surface area contributed by atoms with Gasteiger partial charge < -0.3 is 15.7 Å². The Morgan fingerprint density at radius 1 is 0.929 bits per heavy atom. The molecule has 0 unspecified atom stereocenters. The highest BCUT2D eigenvalue weighted by Crippen LogP contribution is 2.17. The summed E-state index contributed by atoms with van der Waals surface area (Å²) in [4.78, 5) is 22.9. The third kappa shape index (κ3) is 12.4. The number of aliphatic carboxylic acids is 1. The summed E-state index contributed by atoms with van der Waals surface area (Å²) in [7, 11) is 0. The molecular weight excluding hydrogens is 354 g/mol. The van der Waals surface area contributed by atoms with Gasteiger partial charge in [0.05, 0.1) is 0 Å². The molecule has 3 N–H and O–H groups in total. The second-order valence-corrected chi connectivity index (χ2v) is 7.76. The third-order valence-electron chi connectivity index (χ3n) is 5.26. The van der Waals surface area contributed by atoms with Crippen LogP contribution in [-0.4, -0.2) is 29.6 Å². The smallest absolute Gasteiger partial charge is 0.303 e. The van der Waals surface area contributed by atoms with E-state index >= 15 is 0 Å². The van der Waals surface area contributed by atoms with Crippen molar-refractivity contribution in [2.24, 2.45) is 0 Å². The summed E-state index contributed by atoms with van der Waals surface area (Å²) in [6.07, 6.45) is 17.2. The molecular formula is C22H37N3O3. The number of nitrogens with one attached hydrogen (secondary N) is 2. The summed E-state index contributed by atoms with van der Waals surface area (Å²) in [5.74, 6) is -1.07. The van der Waals surface area contributed by atoms with Gasteiger partial charge in [0.1, 0.15) is 11.6 Å². The van der Waals surface area contributed by atoms with E-state index in [0.717, 1.165) is 38.5 Å². The third-order valence-corrected chi connectivity index (χ3v) is 5.26. The number of unbranched alkanes of at least 4 members (excludes halogenated alkanes) is 2. The number of rotatable bonds is 9.